The Kier molecular flexibility index (Phi) is 5.75. The van der Waals surface area contributed by atoms with Crippen LogP contribution < -0.4 is 10.6 Å². The molecule has 25 heavy (non-hydrogen) atoms. The summed E-state index contributed by atoms with van der Waals surface area (Å²) in [5.41, 5.74) is 1.22. The molecular weight excluding hydrogens is 358 g/mol. The minimum Gasteiger partial charge on any atom is -0.378 e. The van der Waals surface area contributed by atoms with E-state index in [2.05, 4.69) is 10.6 Å². The molecule has 1 aromatic carbocycles. The van der Waals surface area contributed by atoms with Gasteiger partial charge in [0, 0.05) is 24.3 Å². The molecule has 8 heteroatoms. The number of carbonyl (C=O) groups excluding carboxylic acids is 2. The third-order valence-electron chi connectivity index (χ3n) is 3.64. The monoisotopic (exact) mass is 375 g/mol. The number of hydrogen-bond donors (Lipinski definition) is 2. The summed E-state index contributed by atoms with van der Waals surface area (Å²) in [5, 5.41) is 7.58. The fourth-order valence-electron chi connectivity index (χ4n) is 2.41. The van der Waals surface area contributed by atoms with E-state index in [1.54, 1.807) is 41.3 Å². The Labute approximate surface area is 154 Å². The van der Waals surface area contributed by atoms with Crippen molar-refractivity contribution < 1.29 is 14.3 Å². The van der Waals surface area contributed by atoms with Gasteiger partial charge in [0.05, 0.1) is 18.1 Å². The van der Waals surface area contributed by atoms with Gasteiger partial charge in [-0.2, -0.15) is 0 Å². The molecule has 0 radical (unpaired) electrons. The Morgan fingerprint density at radius 2 is 1.96 bits per heavy atom. The number of carbonyl (C=O) groups is 2. The number of thiocarbonyl (C=S) groups is 1. The van der Waals surface area contributed by atoms with Crippen LogP contribution in [0, 0.1) is 0 Å². The van der Waals surface area contributed by atoms with Crippen LogP contribution in [-0.2, 0) is 4.74 Å². The van der Waals surface area contributed by atoms with Gasteiger partial charge in [0.1, 0.15) is 0 Å². The van der Waals surface area contributed by atoms with Gasteiger partial charge >= 0.3 is 0 Å². The van der Waals surface area contributed by atoms with Crippen molar-refractivity contribution >= 4 is 46.2 Å². The van der Waals surface area contributed by atoms with Crippen LogP contribution in [0.2, 0.25) is 0 Å². The molecule has 0 bridgehead atoms. The second-order valence-electron chi connectivity index (χ2n) is 5.37. The SMILES string of the molecule is O=C(NC(=S)Nc1cccc(C(=O)N2CCOCC2)c1)c1cccs1. The first-order valence-electron chi connectivity index (χ1n) is 7.76. The van der Waals surface area contributed by atoms with Gasteiger partial charge in [-0.15, -0.1) is 11.3 Å². The van der Waals surface area contributed by atoms with Gasteiger partial charge in [-0.25, -0.2) is 0 Å². The summed E-state index contributed by atoms with van der Waals surface area (Å²) in [6, 6.07) is 10.6. The van der Waals surface area contributed by atoms with Gasteiger partial charge < -0.3 is 15.0 Å². The van der Waals surface area contributed by atoms with Crippen molar-refractivity contribution in [2.75, 3.05) is 31.6 Å². The van der Waals surface area contributed by atoms with E-state index in [0.717, 1.165) is 0 Å². The Morgan fingerprint density at radius 3 is 2.68 bits per heavy atom. The highest BCUT2D eigenvalue weighted by atomic mass is 32.1. The molecule has 2 amide bonds. The maximum atomic E-state index is 12.5. The molecule has 0 unspecified atom stereocenters. The molecule has 2 N–H and O–H groups in total. The van der Waals surface area contributed by atoms with Crippen LogP contribution >= 0.6 is 23.6 Å². The van der Waals surface area contributed by atoms with Crippen LogP contribution in [0.1, 0.15) is 20.0 Å². The Hall–Kier alpha value is -2.29. The van der Waals surface area contributed by atoms with E-state index in [0.29, 0.717) is 42.4 Å². The molecule has 6 nitrogen and oxygen atoms in total. The molecule has 0 atom stereocenters. The minimum atomic E-state index is -0.256. The average molecular weight is 375 g/mol. The summed E-state index contributed by atoms with van der Waals surface area (Å²) < 4.78 is 5.27. The van der Waals surface area contributed by atoms with Crippen LogP contribution in [0.4, 0.5) is 5.69 Å². The van der Waals surface area contributed by atoms with Gasteiger partial charge in [-0.3, -0.25) is 14.9 Å². The molecule has 0 saturated carbocycles. The number of ether oxygens (including phenoxy) is 1. The average Bonchev–Trinajstić information content (AvgIpc) is 3.17. The number of hydrogen-bond acceptors (Lipinski definition) is 5. The first kappa shape index (κ1) is 17.5. The van der Waals surface area contributed by atoms with E-state index in [9.17, 15) is 9.59 Å². The van der Waals surface area contributed by atoms with E-state index >= 15 is 0 Å². The van der Waals surface area contributed by atoms with E-state index in [1.807, 2.05) is 5.38 Å². The summed E-state index contributed by atoms with van der Waals surface area (Å²) in [6.07, 6.45) is 0. The van der Waals surface area contributed by atoms with E-state index in [-0.39, 0.29) is 16.9 Å². The topological polar surface area (TPSA) is 70.7 Å². The van der Waals surface area contributed by atoms with E-state index in [4.69, 9.17) is 17.0 Å². The number of morpholine rings is 1. The largest absolute Gasteiger partial charge is 0.378 e. The van der Waals surface area contributed by atoms with Crippen molar-refractivity contribution in [2.24, 2.45) is 0 Å². The lowest BCUT2D eigenvalue weighted by molar-refractivity contribution is 0.0303. The molecule has 2 aromatic rings. The zero-order chi connectivity index (χ0) is 17.6. The quantitative estimate of drug-likeness (QED) is 0.806. The van der Waals surface area contributed by atoms with Crippen molar-refractivity contribution in [1.29, 1.82) is 0 Å². The maximum absolute atomic E-state index is 12.5. The minimum absolute atomic E-state index is 0.0412. The fourth-order valence-corrected chi connectivity index (χ4v) is 3.24. The van der Waals surface area contributed by atoms with Crippen LogP contribution in [-0.4, -0.2) is 48.1 Å². The van der Waals surface area contributed by atoms with Gasteiger partial charge in [0.2, 0.25) is 0 Å². The summed E-state index contributed by atoms with van der Waals surface area (Å²) in [7, 11) is 0. The lowest BCUT2D eigenvalue weighted by Gasteiger charge is -2.27. The predicted molar refractivity (Wildman–Crippen MR) is 101 cm³/mol. The van der Waals surface area contributed by atoms with Crippen molar-refractivity contribution in [3.63, 3.8) is 0 Å². The number of nitrogens with zero attached hydrogens (tertiary/aromatic N) is 1. The van der Waals surface area contributed by atoms with Crippen molar-refractivity contribution in [2.45, 2.75) is 0 Å². The smallest absolute Gasteiger partial charge is 0.267 e. The lowest BCUT2D eigenvalue weighted by Crippen LogP contribution is -2.40. The normalized spacial score (nSPS) is 14.0. The Balaban J connectivity index is 1.62. The summed E-state index contributed by atoms with van der Waals surface area (Å²) in [6.45, 7) is 2.29. The maximum Gasteiger partial charge on any atom is 0.267 e. The number of amides is 2. The molecule has 0 aliphatic carbocycles. The van der Waals surface area contributed by atoms with Gasteiger partial charge in [0.15, 0.2) is 5.11 Å². The number of benzene rings is 1. The number of anilines is 1. The molecule has 3 rings (SSSR count). The zero-order valence-corrected chi connectivity index (χ0v) is 15.0. The van der Waals surface area contributed by atoms with Crippen molar-refractivity contribution in [3.8, 4) is 0 Å². The molecule has 130 valence electrons. The second kappa shape index (κ2) is 8.19. The highest BCUT2D eigenvalue weighted by Crippen LogP contribution is 2.14. The molecule has 1 aliphatic rings. The first-order chi connectivity index (χ1) is 12.1. The summed E-state index contributed by atoms with van der Waals surface area (Å²) in [5.74, 6) is -0.298. The summed E-state index contributed by atoms with van der Waals surface area (Å²) in [4.78, 5) is 26.8. The second-order valence-corrected chi connectivity index (χ2v) is 6.73. The lowest BCUT2D eigenvalue weighted by atomic mass is 10.1. The number of nitrogens with one attached hydrogen (secondary N) is 2. The molecule has 1 aromatic heterocycles. The standard InChI is InChI=1S/C17H17N3O3S2/c21-15(14-5-2-10-25-14)19-17(24)18-13-4-1-3-12(11-13)16(22)20-6-8-23-9-7-20/h1-5,10-11H,6-9H2,(H2,18,19,21,24). The third-order valence-corrected chi connectivity index (χ3v) is 4.71. The van der Waals surface area contributed by atoms with Gasteiger partial charge in [-0.05, 0) is 41.9 Å². The van der Waals surface area contributed by atoms with Crippen molar-refractivity contribution in [1.82, 2.24) is 10.2 Å². The third kappa shape index (κ3) is 4.62. The zero-order valence-electron chi connectivity index (χ0n) is 13.4. The summed E-state index contributed by atoms with van der Waals surface area (Å²) >= 11 is 6.51. The highest BCUT2D eigenvalue weighted by Gasteiger charge is 2.18. The first-order valence-corrected chi connectivity index (χ1v) is 9.05. The van der Waals surface area contributed by atoms with E-state index in [1.165, 1.54) is 11.3 Å². The molecule has 1 fully saturated rings. The van der Waals surface area contributed by atoms with Crippen molar-refractivity contribution in [3.05, 3.63) is 52.2 Å². The van der Waals surface area contributed by atoms with Crippen LogP contribution in [0.15, 0.2) is 41.8 Å². The Bertz CT molecular complexity index is 771. The number of thiophene rings is 1. The van der Waals surface area contributed by atoms with Crippen LogP contribution in [0.3, 0.4) is 0 Å². The fraction of sp³-hybridized carbons (Fsp3) is 0.235. The van der Waals surface area contributed by atoms with E-state index < -0.39 is 0 Å². The highest BCUT2D eigenvalue weighted by molar-refractivity contribution is 7.80. The molecule has 1 saturated heterocycles. The molecule has 0 spiro atoms. The van der Waals surface area contributed by atoms with Crippen LogP contribution in [0.25, 0.3) is 0 Å². The molecule has 2 heterocycles. The molecule has 1 aliphatic heterocycles. The van der Waals surface area contributed by atoms with Crippen LogP contribution in [0.5, 0.6) is 0 Å². The predicted octanol–water partition coefficient (Wildman–Crippen LogP) is 2.35. The number of rotatable bonds is 3. The van der Waals surface area contributed by atoms with Gasteiger partial charge in [-0.1, -0.05) is 12.1 Å². The van der Waals surface area contributed by atoms with Gasteiger partial charge in [0.25, 0.3) is 11.8 Å². The Morgan fingerprint density at radius 1 is 1.16 bits per heavy atom. The molecular formula is C17H17N3O3S2.